The van der Waals surface area contributed by atoms with Gasteiger partial charge in [0.15, 0.2) is 0 Å². The van der Waals surface area contributed by atoms with Crippen molar-refractivity contribution in [1.29, 1.82) is 0 Å². The number of carbonyl (C=O) groups is 1. The van der Waals surface area contributed by atoms with E-state index in [2.05, 4.69) is 4.98 Å². The van der Waals surface area contributed by atoms with Gasteiger partial charge in [0.2, 0.25) is 0 Å². The van der Waals surface area contributed by atoms with Crippen molar-refractivity contribution in [3.05, 3.63) is 34.8 Å². The molecule has 1 aromatic rings. The van der Waals surface area contributed by atoms with Gasteiger partial charge in [-0.25, -0.2) is 0 Å². The van der Waals surface area contributed by atoms with Crippen LogP contribution in [0.4, 0.5) is 0 Å². The van der Waals surface area contributed by atoms with Gasteiger partial charge in [-0.05, 0) is 12.2 Å². The van der Waals surface area contributed by atoms with E-state index in [0.717, 1.165) is 11.2 Å². The minimum atomic E-state index is 0.747. The Bertz CT molecular complexity index is 262. The monoisotopic (exact) mass is 165 g/mol. The fourth-order valence-corrected chi connectivity index (χ4v) is 1.09. The lowest BCUT2D eigenvalue weighted by atomic mass is 10.4. The predicted molar refractivity (Wildman–Crippen MR) is 46.4 cm³/mol. The lowest BCUT2D eigenvalue weighted by Crippen LogP contribution is -1.58. The largest absolute Gasteiger partial charge is 0.299 e. The summed E-state index contributed by atoms with van der Waals surface area (Å²) >= 11 is 1.56. The van der Waals surface area contributed by atoms with Crippen molar-refractivity contribution in [2.75, 3.05) is 0 Å². The van der Waals surface area contributed by atoms with E-state index < -0.39 is 0 Å². The van der Waals surface area contributed by atoms with Crippen molar-refractivity contribution in [1.82, 2.24) is 4.98 Å². The number of allylic oxidation sites excluding steroid dienone is 3. The van der Waals surface area contributed by atoms with Crippen LogP contribution >= 0.6 is 11.3 Å². The van der Waals surface area contributed by atoms with Crippen LogP contribution in [-0.2, 0) is 4.79 Å². The molecule has 0 atom stereocenters. The van der Waals surface area contributed by atoms with Crippen LogP contribution in [0.5, 0.6) is 0 Å². The average molecular weight is 165 g/mol. The minimum Gasteiger partial charge on any atom is -0.299 e. The first kappa shape index (κ1) is 7.88. The number of carbonyl (C=O) groups excluding carboxylic acids is 1. The molecular weight excluding hydrogens is 158 g/mol. The quantitative estimate of drug-likeness (QED) is 0.389. The molecule has 0 amide bonds. The molecule has 0 aliphatic heterocycles. The fourth-order valence-electron chi connectivity index (χ4n) is 0.568. The molecule has 0 radical (unpaired) electrons. The first-order chi connectivity index (χ1) is 5.43. The van der Waals surface area contributed by atoms with Crippen molar-refractivity contribution >= 4 is 23.7 Å². The lowest BCUT2D eigenvalue weighted by molar-refractivity contribution is -0.104. The molecule has 11 heavy (non-hydrogen) atoms. The van der Waals surface area contributed by atoms with Gasteiger partial charge in [0.25, 0.3) is 0 Å². The van der Waals surface area contributed by atoms with E-state index in [9.17, 15) is 4.79 Å². The molecule has 0 bridgehead atoms. The summed E-state index contributed by atoms with van der Waals surface area (Å²) in [5, 5.41) is 0. The number of aromatic nitrogens is 1. The van der Waals surface area contributed by atoms with Gasteiger partial charge < -0.3 is 0 Å². The second kappa shape index (κ2) is 4.57. The van der Waals surface area contributed by atoms with Gasteiger partial charge in [-0.3, -0.25) is 9.78 Å². The maximum atomic E-state index is 9.84. The van der Waals surface area contributed by atoms with E-state index in [4.69, 9.17) is 0 Å². The molecule has 0 saturated carbocycles. The van der Waals surface area contributed by atoms with Crippen LogP contribution in [0.15, 0.2) is 29.9 Å². The van der Waals surface area contributed by atoms with Gasteiger partial charge in [0.05, 0.1) is 5.51 Å². The average Bonchev–Trinajstić information content (AvgIpc) is 2.50. The highest BCUT2D eigenvalue weighted by Crippen LogP contribution is 2.06. The van der Waals surface area contributed by atoms with Crippen LogP contribution < -0.4 is 0 Å². The Kier molecular flexibility index (Phi) is 3.28. The Morgan fingerprint density at radius 2 is 2.27 bits per heavy atom. The Balaban J connectivity index is 2.49. The second-order valence-corrected chi connectivity index (χ2v) is 2.70. The first-order valence-electron chi connectivity index (χ1n) is 3.10. The summed E-state index contributed by atoms with van der Waals surface area (Å²) in [4.78, 5) is 14.8. The highest BCUT2D eigenvalue weighted by Gasteiger charge is 1.82. The van der Waals surface area contributed by atoms with E-state index in [0.29, 0.717) is 0 Å². The van der Waals surface area contributed by atoms with Gasteiger partial charge >= 0.3 is 0 Å². The number of thiazole rings is 1. The molecule has 1 aromatic heterocycles. The van der Waals surface area contributed by atoms with Crippen LogP contribution in [0.25, 0.3) is 6.08 Å². The molecule has 0 spiro atoms. The molecule has 0 saturated heterocycles. The molecule has 3 heteroatoms. The summed E-state index contributed by atoms with van der Waals surface area (Å²) in [6.45, 7) is 0. The number of hydrogen-bond acceptors (Lipinski definition) is 3. The summed E-state index contributed by atoms with van der Waals surface area (Å²) < 4.78 is 0. The maximum Gasteiger partial charge on any atom is 0.142 e. The molecule has 0 fully saturated rings. The summed E-state index contributed by atoms with van der Waals surface area (Å²) in [7, 11) is 0. The van der Waals surface area contributed by atoms with Gasteiger partial charge in [-0.15, -0.1) is 11.3 Å². The summed E-state index contributed by atoms with van der Waals surface area (Å²) in [6.07, 6.45) is 9.36. The van der Waals surface area contributed by atoms with E-state index in [1.54, 1.807) is 29.1 Å². The normalized spacial score (nSPS) is 11.3. The number of rotatable bonds is 3. The van der Waals surface area contributed by atoms with Crippen LogP contribution in [0.3, 0.4) is 0 Å². The van der Waals surface area contributed by atoms with Gasteiger partial charge in [-0.2, -0.15) is 0 Å². The maximum absolute atomic E-state index is 9.84. The van der Waals surface area contributed by atoms with E-state index >= 15 is 0 Å². The second-order valence-electron chi connectivity index (χ2n) is 1.78. The predicted octanol–water partition coefficient (Wildman–Crippen LogP) is 1.91. The molecule has 0 aliphatic carbocycles. The Morgan fingerprint density at radius 3 is 2.91 bits per heavy atom. The van der Waals surface area contributed by atoms with E-state index in [1.165, 1.54) is 6.08 Å². The Labute approximate surface area is 68.9 Å². The van der Waals surface area contributed by atoms with Gasteiger partial charge in [-0.1, -0.05) is 12.2 Å². The highest BCUT2D eigenvalue weighted by molar-refractivity contribution is 7.10. The molecular formula is C8H7NOS. The molecule has 0 aromatic carbocycles. The van der Waals surface area contributed by atoms with Gasteiger partial charge in [0, 0.05) is 11.1 Å². The van der Waals surface area contributed by atoms with Crippen molar-refractivity contribution < 1.29 is 4.79 Å². The molecule has 0 unspecified atom stereocenters. The summed E-state index contributed by atoms with van der Waals surface area (Å²) in [6, 6.07) is 0. The van der Waals surface area contributed by atoms with Crippen molar-refractivity contribution in [3.63, 3.8) is 0 Å². The van der Waals surface area contributed by atoms with Gasteiger partial charge in [0.1, 0.15) is 6.29 Å². The molecule has 0 aliphatic rings. The van der Waals surface area contributed by atoms with Crippen molar-refractivity contribution in [2.45, 2.75) is 0 Å². The molecule has 0 N–H and O–H groups in total. The third kappa shape index (κ3) is 2.91. The van der Waals surface area contributed by atoms with E-state index in [1.807, 2.05) is 12.2 Å². The van der Waals surface area contributed by atoms with Crippen LogP contribution in [-0.4, -0.2) is 11.3 Å². The van der Waals surface area contributed by atoms with Crippen molar-refractivity contribution in [3.8, 4) is 0 Å². The zero-order valence-corrected chi connectivity index (χ0v) is 6.62. The van der Waals surface area contributed by atoms with Crippen molar-refractivity contribution in [2.24, 2.45) is 0 Å². The standard InChI is InChI=1S/C8H7NOS/c10-5-3-1-2-4-8-6-9-7-11-8/h1-7H. The molecule has 56 valence electrons. The summed E-state index contributed by atoms with van der Waals surface area (Å²) in [5.41, 5.74) is 1.77. The Morgan fingerprint density at radius 1 is 1.36 bits per heavy atom. The third-order valence-electron chi connectivity index (χ3n) is 1.01. The molecule has 1 rings (SSSR count). The van der Waals surface area contributed by atoms with Crippen LogP contribution in [0, 0.1) is 0 Å². The zero-order valence-electron chi connectivity index (χ0n) is 5.81. The topological polar surface area (TPSA) is 30.0 Å². The van der Waals surface area contributed by atoms with Crippen LogP contribution in [0.2, 0.25) is 0 Å². The SMILES string of the molecule is O=CC=CC=Cc1cncs1. The third-order valence-corrected chi connectivity index (χ3v) is 1.75. The Hall–Kier alpha value is -1.22. The van der Waals surface area contributed by atoms with Crippen LogP contribution in [0.1, 0.15) is 4.88 Å². The fraction of sp³-hybridized carbons (Fsp3) is 0. The first-order valence-corrected chi connectivity index (χ1v) is 3.98. The minimum absolute atomic E-state index is 0.747. The smallest absolute Gasteiger partial charge is 0.142 e. The molecule has 2 nitrogen and oxygen atoms in total. The number of aldehydes is 1. The zero-order chi connectivity index (χ0) is 7.94. The summed E-state index contributed by atoms with van der Waals surface area (Å²) in [5.74, 6) is 0. The number of nitrogens with zero attached hydrogens (tertiary/aromatic N) is 1. The van der Waals surface area contributed by atoms with E-state index in [-0.39, 0.29) is 0 Å². The highest BCUT2D eigenvalue weighted by atomic mass is 32.1. The molecule has 1 heterocycles. The lowest BCUT2D eigenvalue weighted by Gasteiger charge is -1.75. The number of hydrogen-bond donors (Lipinski definition) is 0.